The van der Waals surface area contributed by atoms with Crippen molar-refractivity contribution in [3.8, 4) is 0 Å². The Morgan fingerprint density at radius 3 is 2.42 bits per heavy atom. The first-order chi connectivity index (χ1) is 12.2. The maximum absolute atomic E-state index is 12.4. The zero-order chi connectivity index (χ0) is 18.9. The van der Waals surface area contributed by atoms with Gasteiger partial charge in [-0.05, 0) is 55.7 Å². The number of benzene rings is 1. The number of aromatic nitrogens is 1. The molecule has 0 radical (unpaired) electrons. The van der Waals surface area contributed by atoms with E-state index in [1.54, 1.807) is 18.3 Å². The molecule has 0 spiro atoms. The minimum atomic E-state index is -2.94. The van der Waals surface area contributed by atoms with Crippen LogP contribution in [0.25, 0.3) is 0 Å². The summed E-state index contributed by atoms with van der Waals surface area (Å²) in [5.41, 5.74) is 4.02. The van der Waals surface area contributed by atoms with Crippen LogP contribution in [-0.2, 0) is 9.84 Å². The number of pyridine rings is 1. The summed E-state index contributed by atoms with van der Waals surface area (Å²) in [4.78, 5) is 18.6. The monoisotopic (exact) mass is 373 g/mol. The lowest BCUT2D eigenvalue weighted by Gasteiger charge is -2.25. The van der Waals surface area contributed by atoms with Crippen molar-refractivity contribution in [1.29, 1.82) is 0 Å². The van der Waals surface area contributed by atoms with Crippen molar-refractivity contribution in [3.63, 3.8) is 0 Å². The summed E-state index contributed by atoms with van der Waals surface area (Å²) >= 11 is 0. The quantitative estimate of drug-likeness (QED) is 0.891. The van der Waals surface area contributed by atoms with Crippen molar-refractivity contribution in [2.75, 3.05) is 28.8 Å². The van der Waals surface area contributed by atoms with Crippen LogP contribution in [0.3, 0.4) is 0 Å². The summed E-state index contributed by atoms with van der Waals surface area (Å²) < 4.78 is 23.3. The predicted molar refractivity (Wildman–Crippen MR) is 104 cm³/mol. The Morgan fingerprint density at radius 2 is 1.88 bits per heavy atom. The van der Waals surface area contributed by atoms with Crippen molar-refractivity contribution in [3.05, 3.63) is 53.3 Å². The molecule has 2 aromatic rings. The van der Waals surface area contributed by atoms with Gasteiger partial charge in [0.05, 0.1) is 23.4 Å². The second kappa shape index (κ2) is 7.07. The number of nitrogens with one attached hydrogen (secondary N) is 1. The van der Waals surface area contributed by atoms with Crippen LogP contribution in [0.1, 0.15) is 28.0 Å². The molecule has 2 heterocycles. The molecule has 7 heteroatoms. The second-order valence-electron chi connectivity index (χ2n) is 6.90. The number of amides is 1. The molecule has 3 rings (SSSR count). The topological polar surface area (TPSA) is 79.4 Å². The molecule has 1 aromatic carbocycles. The van der Waals surface area contributed by atoms with Crippen LogP contribution in [0.5, 0.6) is 0 Å². The fourth-order valence-electron chi connectivity index (χ4n) is 3.26. The van der Waals surface area contributed by atoms with Gasteiger partial charge < -0.3 is 10.2 Å². The van der Waals surface area contributed by atoms with Gasteiger partial charge in [0.25, 0.3) is 5.91 Å². The summed E-state index contributed by atoms with van der Waals surface area (Å²) in [6.45, 7) is 3.96. The molecule has 1 saturated heterocycles. The number of sulfone groups is 1. The lowest BCUT2D eigenvalue weighted by molar-refractivity contribution is 0.102. The van der Waals surface area contributed by atoms with E-state index in [1.807, 2.05) is 44.0 Å². The molecule has 0 aliphatic carbocycles. The van der Waals surface area contributed by atoms with E-state index in [2.05, 4.69) is 10.3 Å². The van der Waals surface area contributed by atoms with E-state index in [-0.39, 0.29) is 23.5 Å². The normalized spacial score (nSPS) is 18.5. The molecule has 1 N–H and O–H groups in total. The van der Waals surface area contributed by atoms with Crippen molar-refractivity contribution < 1.29 is 13.2 Å². The van der Waals surface area contributed by atoms with Crippen LogP contribution in [0, 0.1) is 13.8 Å². The van der Waals surface area contributed by atoms with Crippen LogP contribution in [-0.4, -0.2) is 43.9 Å². The number of hydrogen-bond donors (Lipinski definition) is 1. The molecule has 1 aliphatic rings. The second-order valence-corrected chi connectivity index (χ2v) is 9.13. The molecular weight excluding hydrogens is 350 g/mol. The van der Waals surface area contributed by atoms with E-state index in [4.69, 9.17) is 0 Å². The highest BCUT2D eigenvalue weighted by Gasteiger charge is 2.30. The summed E-state index contributed by atoms with van der Waals surface area (Å²) in [7, 11) is -1.08. The van der Waals surface area contributed by atoms with Crippen LogP contribution >= 0.6 is 0 Å². The van der Waals surface area contributed by atoms with Gasteiger partial charge in [0.2, 0.25) is 0 Å². The van der Waals surface area contributed by atoms with Crippen LogP contribution < -0.4 is 10.2 Å². The minimum absolute atomic E-state index is 0.0447. The molecule has 6 nitrogen and oxygen atoms in total. The van der Waals surface area contributed by atoms with Crippen molar-refractivity contribution >= 4 is 27.1 Å². The van der Waals surface area contributed by atoms with Crippen LogP contribution in [0.15, 0.2) is 36.5 Å². The molecule has 26 heavy (non-hydrogen) atoms. The molecule has 1 amide bonds. The maximum atomic E-state index is 12.4. The number of nitrogens with zero attached hydrogens (tertiary/aromatic N) is 2. The molecule has 1 atom stereocenters. The van der Waals surface area contributed by atoms with Gasteiger partial charge in [-0.25, -0.2) is 13.4 Å². The van der Waals surface area contributed by atoms with Crippen molar-refractivity contribution in [2.45, 2.75) is 26.3 Å². The van der Waals surface area contributed by atoms with E-state index in [1.165, 1.54) is 0 Å². The third-order valence-electron chi connectivity index (χ3n) is 4.62. The molecule has 1 aliphatic heterocycles. The van der Waals surface area contributed by atoms with Crippen LogP contribution in [0.2, 0.25) is 0 Å². The van der Waals surface area contributed by atoms with Gasteiger partial charge in [-0.3, -0.25) is 4.79 Å². The molecular formula is C19H23N3O3S. The summed E-state index contributed by atoms with van der Waals surface area (Å²) in [5.74, 6) is 0.122. The highest BCUT2D eigenvalue weighted by atomic mass is 32.2. The SMILES string of the molecule is Cc1cc(C)cc(NC(=O)c2ccc(N(C)C3CCS(=O)(=O)C3)cn2)c1. The van der Waals surface area contributed by atoms with Gasteiger partial charge in [0, 0.05) is 18.8 Å². The average molecular weight is 373 g/mol. The Hall–Kier alpha value is -2.41. The minimum Gasteiger partial charge on any atom is -0.369 e. The van der Waals surface area contributed by atoms with Gasteiger partial charge in [-0.15, -0.1) is 0 Å². The Bertz CT molecular complexity index is 903. The van der Waals surface area contributed by atoms with E-state index < -0.39 is 9.84 Å². The Labute approximate surface area is 154 Å². The summed E-state index contributed by atoms with van der Waals surface area (Å²) in [6.07, 6.45) is 2.23. The van der Waals surface area contributed by atoms with Gasteiger partial charge in [0.1, 0.15) is 5.69 Å². The summed E-state index contributed by atoms with van der Waals surface area (Å²) in [6, 6.07) is 9.28. The molecule has 1 fully saturated rings. The molecule has 0 bridgehead atoms. The largest absolute Gasteiger partial charge is 0.369 e. The van der Waals surface area contributed by atoms with E-state index in [0.717, 1.165) is 22.5 Å². The highest BCUT2D eigenvalue weighted by Crippen LogP contribution is 2.22. The fraction of sp³-hybridized carbons (Fsp3) is 0.368. The van der Waals surface area contributed by atoms with Gasteiger partial charge in [0.15, 0.2) is 9.84 Å². The number of aryl methyl sites for hydroxylation is 2. The molecule has 1 unspecified atom stereocenters. The average Bonchev–Trinajstić information content (AvgIpc) is 2.93. The molecule has 0 saturated carbocycles. The lowest BCUT2D eigenvalue weighted by atomic mass is 10.1. The summed E-state index contributed by atoms with van der Waals surface area (Å²) in [5, 5.41) is 2.86. The van der Waals surface area contributed by atoms with Crippen LogP contribution in [0.4, 0.5) is 11.4 Å². The van der Waals surface area contributed by atoms with E-state index in [0.29, 0.717) is 12.1 Å². The third-order valence-corrected chi connectivity index (χ3v) is 6.37. The number of anilines is 2. The highest BCUT2D eigenvalue weighted by molar-refractivity contribution is 7.91. The number of carbonyl (C=O) groups excluding carboxylic acids is 1. The third kappa shape index (κ3) is 4.22. The van der Waals surface area contributed by atoms with Crippen molar-refractivity contribution in [1.82, 2.24) is 4.98 Å². The standard InChI is InChI=1S/C19H23N3O3S/c1-13-8-14(2)10-15(9-13)21-19(23)18-5-4-16(11-20-18)22(3)17-6-7-26(24,25)12-17/h4-5,8-11,17H,6-7,12H2,1-3H3,(H,21,23). The van der Waals surface area contributed by atoms with E-state index in [9.17, 15) is 13.2 Å². The first-order valence-electron chi connectivity index (χ1n) is 8.52. The number of carbonyl (C=O) groups is 1. The molecule has 1 aromatic heterocycles. The first kappa shape index (κ1) is 18.4. The smallest absolute Gasteiger partial charge is 0.274 e. The zero-order valence-corrected chi connectivity index (χ0v) is 16.0. The Balaban J connectivity index is 1.69. The number of hydrogen-bond acceptors (Lipinski definition) is 5. The fourth-order valence-corrected chi connectivity index (χ4v) is 5.04. The van der Waals surface area contributed by atoms with E-state index >= 15 is 0 Å². The Kier molecular flexibility index (Phi) is 5.00. The zero-order valence-electron chi connectivity index (χ0n) is 15.2. The molecule has 138 valence electrons. The van der Waals surface area contributed by atoms with Gasteiger partial charge in [-0.1, -0.05) is 6.07 Å². The predicted octanol–water partition coefficient (Wildman–Crippen LogP) is 2.57. The van der Waals surface area contributed by atoms with Gasteiger partial charge >= 0.3 is 0 Å². The maximum Gasteiger partial charge on any atom is 0.274 e. The van der Waals surface area contributed by atoms with Crippen molar-refractivity contribution in [2.24, 2.45) is 0 Å². The number of rotatable bonds is 4. The lowest BCUT2D eigenvalue weighted by Crippen LogP contribution is -2.32. The first-order valence-corrected chi connectivity index (χ1v) is 10.3. The Morgan fingerprint density at radius 1 is 1.19 bits per heavy atom. The van der Waals surface area contributed by atoms with Gasteiger partial charge in [-0.2, -0.15) is 0 Å².